The largest absolute Gasteiger partial charge is 0.384 e. The Balaban J connectivity index is 2.07. The first-order valence-corrected chi connectivity index (χ1v) is 9.63. The van der Waals surface area contributed by atoms with Crippen LogP contribution in [0.2, 0.25) is 5.02 Å². The van der Waals surface area contributed by atoms with Crippen molar-refractivity contribution in [2.75, 3.05) is 20.3 Å². The summed E-state index contributed by atoms with van der Waals surface area (Å²) in [5.74, 6) is -0.230. The lowest BCUT2D eigenvalue weighted by Crippen LogP contribution is -2.28. The van der Waals surface area contributed by atoms with Crippen LogP contribution in [-0.4, -0.2) is 33.9 Å². The van der Waals surface area contributed by atoms with E-state index in [9.17, 15) is 8.42 Å². The molecule has 1 aliphatic carbocycles. The number of methoxy groups -OCH3 is 1. The summed E-state index contributed by atoms with van der Waals surface area (Å²) in [6.45, 7) is 0.520. The third-order valence-corrected chi connectivity index (χ3v) is 7.36. The quantitative estimate of drug-likeness (QED) is 0.854. The second-order valence-corrected chi connectivity index (χ2v) is 8.69. The van der Waals surface area contributed by atoms with E-state index in [1.807, 2.05) is 18.2 Å². The zero-order chi connectivity index (χ0) is 17.4. The van der Waals surface area contributed by atoms with Crippen molar-refractivity contribution >= 4 is 21.4 Å². The molecule has 0 spiro atoms. The molecule has 24 heavy (non-hydrogen) atoms. The number of benzene rings is 2. The van der Waals surface area contributed by atoms with Gasteiger partial charge >= 0.3 is 0 Å². The molecule has 0 aromatic heterocycles. The molecule has 0 unspecified atom stereocenters. The maximum Gasteiger partial charge on any atom is 0.182 e. The maximum absolute atomic E-state index is 13.2. The normalized spacial score (nSPS) is 26.3. The van der Waals surface area contributed by atoms with Gasteiger partial charge in [-0.2, -0.15) is 0 Å². The Bertz CT molecular complexity index is 825. The summed E-state index contributed by atoms with van der Waals surface area (Å²) in [7, 11) is -1.95. The van der Waals surface area contributed by atoms with Crippen LogP contribution in [0.1, 0.15) is 11.5 Å². The van der Waals surface area contributed by atoms with Gasteiger partial charge in [0.25, 0.3) is 0 Å². The van der Waals surface area contributed by atoms with Crippen LogP contribution < -0.4 is 5.73 Å². The van der Waals surface area contributed by atoms with Gasteiger partial charge < -0.3 is 10.5 Å². The second-order valence-electron chi connectivity index (χ2n) is 6.18. The summed E-state index contributed by atoms with van der Waals surface area (Å²) in [5, 5.41) is -0.0329. The van der Waals surface area contributed by atoms with E-state index in [2.05, 4.69) is 0 Å². The molecule has 0 radical (unpaired) electrons. The summed E-state index contributed by atoms with van der Waals surface area (Å²) in [5.41, 5.74) is 6.26. The van der Waals surface area contributed by atoms with Gasteiger partial charge in [-0.25, -0.2) is 8.42 Å². The summed E-state index contributed by atoms with van der Waals surface area (Å²) < 4.78 is 31.7. The van der Waals surface area contributed by atoms with Gasteiger partial charge in [-0.1, -0.05) is 41.9 Å². The van der Waals surface area contributed by atoms with E-state index in [-0.39, 0.29) is 19.1 Å². The number of ether oxygens (including phenoxy) is 1. The lowest BCUT2D eigenvalue weighted by molar-refractivity contribution is 0.142. The Labute approximate surface area is 147 Å². The smallest absolute Gasteiger partial charge is 0.182 e. The molecule has 1 fully saturated rings. The second kappa shape index (κ2) is 6.48. The first-order chi connectivity index (χ1) is 11.5. The average molecular weight is 366 g/mol. The molecular weight excluding hydrogens is 346 g/mol. The molecule has 1 aliphatic rings. The summed E-state index contributed by atoms with van der Waals surface area (Å²) in [4.78, 5) is 0.313. The summed E-state index contributed by atoms with van der Waals surface area (Å²) in [6, 6.07) is 15.8. The molecule has 0 heterocycles. The predicted octanol–water partition coefficient (Wildman–Crippen LogP) is 2.87. The van der Waals surface area contributed by atoms with Crippen molar-refractivity contribution in [1.82, 2.24) is 0 Å². The Morgan fingerprint density at radius 2 is 1.88 bits per heavy atom. The molecule has 0 amide bonds. The molecular formula is C18H20ClNO3S. The maximum atomic E-state index is 13.2. The highest BCUT2D eigenvalue weighted by molar-refractivity contribution is 7.92. The lowest BCUT2D eigenvalue weighted by Gasteiger charge is -2.15. The highest BCUT2D eigenvalue weighted by Crippen LogP contribution is 2.63. The first kappa shape index (κ1) is 17.4. The minimum Gasteiger partial charge on any atom is -0.384 e. The number of rotatable bonds is 6. The van der Waals surface area contributed by atoms with Crippen LogP contribution in [-0.2, 0) is 14.6 Å². The van der Waals surface area contributed by atoms with Gasteiger partial charge in [0, 0.05) is 30.0 Å². The number of nitrogens with two attached hydrogens (primary N) is 1. The fraction of sp³-hybridized carbons (Fsp3) is 0.333. The van der Waals surface area contributed by atoms with Gasteiger partial charge in [0.1, 0.15) is 0 Å². The van der Waals surface area contributed by atoms with Crippen LogP contribution in [0, 0.1) is 5.41 Å². The molecule has 6 heteroatoms. The van der Waals surface area contributed by atoms with Crippen LogP contribution in [0.5, 0.6) is 0 Å². The Morgan fingerprint density at radius 3 is 2.46 bits per heavy atom. The standard InChI is InChI=1S/C18H20ClNO3S/c1-23-12-18(11-20)16(13-6-5-7-14(19)10-13)17(18)24(21,22)15-8-3-2-4-9-15/h2-10,16-17H,11-12,20H2,1H3/t16-,17+,18+/m0/s1. The van der Waals surface area contributed by atoms with Crippen LogP contribution >= 0.6 is 11.6 Å². The number of hydrogen-bond acceptors (Lipinski definition) is 4. The minimum absolute atomic E-state index is 0.230. The van der Waals surface area contributed by atoms with Gasteiger partial charge in [-0.05, 0) is 29.8 Å². The van der Waals surface area contributed by atoms with E-state index in [0.717, 1.165) is 5.56 Å². The molecule has 1 saturated carbocycles. The van der Waals surface area contributed by atoms with Gasteiger partial charge in [0.05, 0.1) is 16.8 Å². The van der Waals surface area contributed by atoms with E-state index < -0.39 is 20.5 Å². The van der Waals surface area contributed by atoms with Crippen molar-refractivity contribution in [1.29, 1.82) is 0 Å². The van der Waals surface area contributed by atoms with Gasteiger partial charge in [-0.3, -0.25) is 0 Å². The predicted molar refractivity (Wildman–Crippen MR) is 95.0 cm³/mol. The zero-order valence-electron chi connectivity index (χ0n) is 13.4. The van der Waals surface area contributed by atoms with Crippen molar-refractivity contribution in [2.45, 2.75) is 16.1 Å². The van der Waals surface area contributed by atoms with Gasteiger partial charge in [-0.15, -0.1) is 0 Å². The zero-order valence-corrected chi connectivity index (χ0v) is 14.9. The van der Waals surface area contributed by atoms with Gasteiger partial charge in [0.2, 0.25) is 0 Å². The number of sulfone groups is 1. The number of halogens is 1. The molecule has 4 nitrogen and oxygen atoms in total. The fourth-order valence-corrected chi connectivity index (χ4v) is 6.31. The summed E-state index contributed by atoms with van der Waals surface area (Å²) >= 11 is 6.10. The minimum atomic E-state index is -3.52. The van der Waals surface area contributed by atoms with E-state index >= 15 is 0 Å². The molecule has 2 aromatic rings. The molecule has 0 bridgehead atoms. The Hall–Kier alpha value is -1.40. The SMILES string of the molecule is COC[C@@]1(CN)[C@H](S(=O)(=O)c2ccccc2)[C@@H]1c1cccc(Cl)c1. The van der Waals surface area contributed by atoms with Crippen molar-refractivity contribution in [3.63, 3.8) is 0 Å². The summed E-state index contributed by atoms with van der Waals surface area (Å²) in [6.07, 6.45) is 0. The van der Waals surface area contributed by atoms with Crippen molar-refractivity contribution in [2.24, 2.45) is 11.1 Å². The van der Waals surface area contributed by atoms with E-state index in [0.29, 0.717) is 9.92 Å². The molecule has 3 atom stereocenters. The van der Waals surface area contributed by atoms with Crippen molar-refractivity contribution < 1.29 is 13.2 Å². The third kappa shape index (κ3) is 2.75. The molecule has 0 aliphatic heterocycles. The molecule has 3 rings (SSSR count). The van der Waals surface area contributed by atoms with Crippen LogP contribution in [0.4, 0.5) is 0 Å². The monoisotopic (exact) mass is 365 g/mol. The highest BCUT2D eigenvalue weighted by Gasteiger charge is 2.70. The van der Waals surface area contributed by atoms with Crippen LogP contribution in [0.15, 0.2) is 59.5 Å². The Morgan fingerprint density at radius 1 is 1.17 bits per heavy atom. The van der Waals surface area contributed by atoms with Crippen LogP contribution in [0.3, 0.4) is 0 Å². The van der Waals surface area contributed by atoms with Gasteiger partial charge in [0.15, 0.2) is 9.84 Å². The lowest BCUT2D eigenvalue weighted by atomic mass is 10.00. The highest BCUT2D eigenvalue weighted by atomic mass is 35.5. The number of hydrogen-bond donors (Lipinski definition) is 1. The molecule has 2 N–H and O–H groups in total. The third-order valence-electron chi connectivity index (χ3n) is 4.79. The first-order valence-electron chi connectivity index (χ1n) is 7.71. The molecule has 128 valence electrons. The molecule has 0 saturated heterocycles. The fourth-order valence-electron chi connectivity index (χ4n) is 3.65. The van der Waals surface area contributed by atoms with Crippen molar-refractivity contribution in [3.05, 3.63) is 65.2 Å². The van der Waals surface area contributed by atoms with E-state index in [1.165, 1.54) is 0 Å². The topological polar surface area (TPSA) is 69.4 Å². The average Bonchev–Trinajstić information content (AvgIpc) is 3.26. The molecule has 2 aromatic carbocycles. The van der Waals surface area contributed by atoms with Crippen molar-refractivity contribution in [3.8, 4) is 0 Å². The van der Waals surface area contributed by atoms with E-state index in [1.54, 1.807) is 43.5 Å². The van der Waals surface area contributed by atoms with E-state index in [4.69, 9.17) is 22.1 Å². The van der Waals surface area contributed by atoms with Crippen LogP contribution in [0.25, 0.3) is 0 Å². The Kier molecular flexibility index (Phi) is 4.71.